The molecule has 0 saturated carbocycles. The van der Waals surface area contributed by atoms with Crippen LogP contribution in [0.1, 0.15) is 12.8 Å². The van der Waals surface area contributed by atoms with Crippen LogP contribution < -0.4 is 20.9 Å². The molecule has 0 spiro atoms. The van der Waals surface area contributed by atoms with Crippen LogP contribution in [0, 0.1) is 10.1 Å². The van der Waals surface area contributed by atoms with Gasteiger partial charge in [0.15, 0.2) is 0 Å². The maximum atomic E-state index is 12.1. The van der Waals surface area contributed by atoms with Crippen molar-refractivity contribution >= 4 is 34.1 Å². The van der Waals surface area contributed by atoms with Gasteiger partial charge in [0.1, 0.15) is 0 Å². The average Bonchev–Trinajstić information content (AvgIpc) is 2.72. The average molecular weight is 380 g/mol. The maximum absolute atomic E-state index is 12.1. The number of fused-ring (bicyclic) bond motifs is 1. The highest BCUT2D eigenvalue weighted by atomic mass is 16.6. The highest BCUT2D eigenvalue weighted by molar-refractivity contribution is 5.87. The molecular weight excluding hydrogens is 362 g/mol. The van der Waals surface area contributed by atoms with Crippen molar-refractivity contribution < 1.29 is 9.91 Å². The zero-order valence-corrected chi connectivity index (χ0v) is 14.9. The molecule has 0 atom stereocenters. The topological polar surface area (TPSA) is 131 Å². The molecule has 3 heterocycles. The van der Waals surface area contributed by atoms with Crippen molar-refractivity contribution in [2.24, 2.45) is 5.10 Å². The molecule has 142 valence electrons. The first-order valence-electron chi connectivity index (χ1n) is 8.82. The summed E-state index contributed by atoms with van der Waals surface area (Å²) in [5.41, 5.74) is 4.69. The second kappa shape index (κ2) is 7.43. The Bertz CT molecular complexity index is 1120. The number of hydrazone groups is 1. The highest BCUT2D eigenvalue weighted by Gasteiger charge is 2.30. The van der Waals surface area contributed by atoms with Gasteiger partial charge in [-0.15, -0.1) is 0 Å². The summed E-state index contributed by atoms with van der Waals surface area (Å²) in [6, 6.07) is 10.4. The molecule has 0 bridgehead atoms. The summed E-state index contributed by atoms with van der Waals surface area (Å²) in [6.07, 6.45) is 2.92. The molecule has 10 nitrogen and oxygen atoms in total. The quantitative estimate of drug-likeness (QED) is 0.523. The summed E-state index contributed by atoms with van der Waals surface area (Å²) in [5, 5.41) is 15.5. The van der Waals surface area contributed by atoms with Crippen molar-refractivity contribution in [1.82, 2.24) is 9.97 Å². The third-order valence-corrected chi connectivity index (χ3v) is 4.59. The number of nitro groups is 1. The molecule has 10 heteroatoms. The van der Waals surface area contributed by atoms with Gasteiger partial charge in [-0.1, -0.05) is 12.1 Å². The Kier molecular flexibility index (Phi) is 4.67. The van der Waals surface area contributed by atoms with Gasteiger partial charge in [-0.2, -0.15) is 5.10 Å². The molecule has 0 aliphatic carbocycles. The maximum Gasteiger partial charge on any atom is 0.357 e. The fourth-order valence-electron chi connectivity index (χ4n) is 3.16. The lowest BCUT2D eigenvalue weighted by atomic mass is 10.1. The van der Waals surface area contributed by atoms with Crippen LogP contribution >= 0.6 is 0 Å². The third-order valence-electron chi connectivity index (χ3n) is 4.59. The van der Waals surface area contributed by atoms with E-state index in [-0.39, 0.29) is 17.1 Å². The van der Waals surface area contributed by atoms with Crippen LogP contribution in [-0.4, -0.2) is 33.7 Å². The van der Waals surface area contributed by atoms with Crippen molar-refractivity contribution in [3.8, 4) is 0 Å². The fraction of sp³-hybridized carbons (Fsp3) is 0.222. The number of nitrogens with one attached hydrogen (secondary N) is 3. The number of hydrogen-bond acceptors (Lipinski definition) is 7. The van der Waals surface area contributed by atoms with Gasteiger partial charge in [0.2, 0.25) is 5.82 Å². The fourth-order valence-corrected chi connectivity index (χ4v) is 3.16. The number of benzene rings is 1. The minimum Gasteiger partial charge on any atom is -0.317 e. The third kappa shape index (κ3) is 3.52. The van der Waals surface area contributed by atoms with Crippen molar-refractivity contribution in [2.45, 2.75) is 12.8 Å². The van der Waals surface area contributed by atoms with E-state index in [1.807, 2.05) is 23.1 Å². The largest absolute Gasteiger partial charge is 0.357 e. The lowest BCUT2D eigenvalue weighted by Crippen LogP contribution is -2.38. The molecule has 0 amide bonds. The normalized spacial score (nSPS) is 14.1. The highest BCUT2D eigenvalue weighted by Crippen LogP contribution is 2.24. The minimum absolute atomic E-state index is 0.0490. The Morgan fingerprint density at radius 1 is 1.21 bits per heavy atom. The predicted octanol–water partition coefficient (Wildman–Crippen LogP) is 1.71. The number of aromatic amines is 2. The Labute approximate surface area is 159 Å². The van der Waals surface area contributed by atoms with Gasteiger partial charge in [-0.25, -0.2) is 9.97 Å². The van der Waals surface area contributed by atoms with Gasteiger partial charge in [-0.05, 0) is 18.2 Å². The van der Waals surface area contributed by atoms with Crippen molar-refractivity contribution in [1.29, 1.82) is 0 Å². The smallest absolute Gasteiger partial charge is 0.317 e. The number of para-hydroxylation sites is 2. The number of nitrogens with zero attached hydrogens (tertiary/aromatic N) is 4. The Balaban J connectivity index is 1.46. The van der Waals surface area contributed by atoms with E-state index >= 15 is 0 Å². The van der Waals surface area contributed by atoms with Gasteiger partial charge in [-0.3, -0.25) is 25.2 Å². The minimum atomic E-state index is -0.394. The molecular formula is C18H18N7O3+. The number of anilines is 2. The Morgan fingerprint density at radius 3 is 2.79 bits per heavy atom. The van der Waals surface area contributed by atoms with Crippen LogP contribution in [0.4, 0.5) is 17.3 Å². The number of H-pyrrole nitrogens is 2. The van der Waals surface area contributed by atoms with Crippen LogP contribution in [0.25, 0.3) is 11.0 Å². The van der Waals surface area contributed by atoms with Gasteiger partial charge >= 0.3 is 11.5 Å². The van der Waals surface area contributed by atoms with E-state index in [0.29, 0.717) is 42.8 Å². The monoisotopic (exact) mass is 380 g/mol. The Morgan fingerprint density at radius 2 is 2.00 bits per heavy atom. The van der Waals surface area contributed by atoms with Gasteiger partial charge < -0.3 is 4.98 Å². The lowest BCUT2D eigenvalue weighted by Gasteiger charge is -2.21. The predicted molar refractivity (Wildman–Crippen MR) is 105 cm³/mol. The Hall–Kier alpha value is -3.82. The summed E-state index contributed by atoms with van der Waals surface area (Å²) in [5.74, 6) is 0.632. The van der Waals surface area contributed by atoms with Crippen LogP contribution in [-0.2, 0) is 0 Å². The second-order valence-electron chi connectivity index (χ2n) is 6.37. The SMILES string of the molecule is O=c1[nH]c2ccccc2nc1NN=C1CCN(c2[nH+]cccc2[N+](=O)[O-])CC1. The van der Waals surface area contributed by atoms with Gasteiger partial charge in [0, 0.05) is 24.6 Å². The number of hydrogen-bond donors (Lipinski definition) is 2. The first kappa shape index (κ1) is 17.6. The van der Waals surface area contributed by atoms with E-state index in [1.165, 1.54) is 6.07 Å². The molecule has 1 aliphatic heterocycles. The van der Waals surface area contributed by atoms with E-state index in [1.54, 1.807) is 18.3 Å². The number of pyridine rings is 1. The van der Waals surface area contributed by atoms with Gasteiger partial charge in [0.25, 0.3) is 5.56 Å². The second-order valence-corrected chi connectivity index (χ2v) is 6.37. The molecule has 28 heavy (non-hydrogen) atoms. The molecule has 0 unspecified atom stereocenters. The molecule has 0 radical (unpaired) electrons. The summed E-state index contributed by atoms with van der Waals surface area (Å²) >= 11 is 0. The van der Waals surface area contributed by atoms with Crippen molar-refractivity contribution in [2.75, 3.05) is 23.4 Å². The summed E-state index contributed by atoms with van der Waals surface area (Å²) in [4.78, 5) is 34.9. The number of rotatable bonds is 4. The first-order chi connectivity index (χ1) is 13.6. The van der Waals surface area contributed by atoms with Gasteiger partial charge in [0.05, 0.1) is 35.2 Å². The molecule has 1 fully saturated rings. The summed E-state index contributed by atoms with van der Waals surface area (Å²) < 4.78 is 0. The molecule has 1 aliphatic rings. The zero-order chi connectivity index (χ0) is 19.5. The standard InChI is InChI=1S/C18H17N7O3/c26-18-16(20-13-4-1-2-5-14(13)21-18)23-22-12-7-10-24(11-8-12)17-15(25(27)28)6-3-9-19-17/h1-6,9H,7-8,10-11H2,(H,20,23)(H,21,26)/p+1. The number of aromatic nitrogens is 3. The van der Waals surface area contributed by atoms with E-state index < -0.39 is 4.92 Å². The van der Waals surface area contributed by atoms with E-state index in [9.17, 15) is 14.9 Å². The lowest BCUT2D eigenvalue weighted by molar-refractivity contribution is -0.411. The van der Waals surface area contributed by atoms with Crippen molar-refractivity contribution in [3.05, 3.63) is 63.1 Å². The molecule has 1 saturated heterocycles. The van der Waals surface area contributed by atoms with Crippen molar-refractivity contribution in [3.63, 3.8) is 0 Å². The van der Waals surface area contributed by atoms with E-state index in [0.717, 1.165) is 5.71 Å². The number of piperidine rings is 1. The van der Waals surface area contributed by atoms with E-state index in [4.69, 9.17) is 0 Å². The first-order valence-corrected chi connectivity index (χ1v) is 8.82. The van der Waals surface area contributed by atoms with E-state index in [2.05, 4.69) is 25.5 Å². The zero-order valence-electron chi connectivity index (χ0n) is 14.9. The molecule has 1 aromatic carbocycles. The van der Waals surface area contributed by atoms with Crippen LogP contribution in [0.15, 0.2) is 52.5 Å². The van der Waals surface area contributed by atoms with Crippen LogP contribution in [0.5, 0.6) is 0 Å². The summed E-state index contributed by atoms with van der Waals surface area (Å²) in [6.45, 7) is 1.17. The van der Waals surface area contributed by atoms with Crippen LogP contribution in [0.3, 0.4) is 0 Å². The molecule has 3 aromatic rings. The molecule has 2 aromatic heterocycles. The summed E-state index contributed by atoms with van der Waals surface area (Å²) in [7, 11) is 0. The molecule has 4 rings (SSSR count). The van der Waals surface area contributed by atoms with Crippen LogP contribution in [0.2, 0.25) is 0 Å². The molecule has 3 N–H and O–H groups in total.